The van der Waals surface area contributed by atoms with Gasteiger partial charge in [-0.05, 0) is 49.2 Å². The Morgan fingerprint density at radius 2 is 1.64 bits per heavy atom. The summed E-state index contributed by atoms with van der Waals surface area (Å²) in [7, 11) is -3.62. The van der Waals surface area contributed by atoms with Crippen LogP contribution in [-0.4, -0.2) is 36.6 Å². The molecule has 0 atom stereocenters. The van der Waals surface area contributed by atoms with Crippen LogP contribution in [0.5, 0.6) is 0 Å². The molecule has 2 aromatic carbocycles. The minimum absolute atomic E-state index is 0.0567. The predicted octanol–water partition coefficient (Wildman–Crippen LogP) is 3.29. The number of non-ortho nitro benzene ring substituents is 1. The van der Waals surface area contributed by atoms with E-state index in [2.05, 4.69) is 5.32 Å². The van der Waals surface area contributed by atoms with Crippen LogP contribution in [0.15, 0.2) is 53.4 Å². The number of hydrogen-bond acceptors (Lipinski definition) is 5. The molecule has 1 amide bonds. The summed E-state index contributed by atoms with van der Waals surface area (Å²) in [6, 6.07) is 11.5. The van der Waals surface area contributed by atoms with Crippen molar-refractivity contribution in [3.8, 4) is 0 Å². The standard InChI is InChI=1S/C18H18ClN3O5S/c19-14-1-7-17(8-2-14)28(26,27)21-11-9-13(10-12-21)18(23)20-15-3-5-16(6-4-15)22(24)25/h1-8,13H,9-12H2,(H,20,23). The third-order valence-electron chi connectivity index (χ3n) is 4.62. The molecule has 1 saturated heterocycles. The molecular formula is C18H18ClN3O5S. The summed E-state index contributed by atoms with van der Waals surface area (Å²) < 4.78 is 26.7. The van der Waals surface area contributed by atoms with Crippen molar-refractivity contribution in [2.24, 2.45) is 5.92 Å². The van der Waals surface area contributed by atoms with Gasteiger partial charge in [-0.3, -0.25) is 14.9 Å². The van der Waals surface area contributed by atoms with Gasteiger partial charge in [0.2, 0.25) is 15.9 Å². The third kappa shape index (κ3) is 4.49. The molecule has 0 saturated carbocycles. The van der Waals surface area contributed by atoms with E-state index in [-0.39, 0.29) is 35.5 Å². The van der Waals surface area contributed by atoms with Crippen LogP contribution in [0.4, 0.5) is 11.4 Å². The third-order valence-corrected chi connectivity index (χ3v) is 6.79. The molecule has 28 heavy (non-hydrogen) atoms. The van der Waals surface area contributed by atoms with Gasteiger partial charge in [-0.25, -0.2) is 8.42 Å². The highest BCUT2D eigenvalue weighted by atomic mass is 35.5. The number of hydrogen-bond donors (Lipinski definition) is 1. The Bertz CT molecular complexity index is 969. The lowest BCUT2D eigenvalue weighted by molar-refractivity contribution is -0.384. The maximum absolute atomic E-state index is 12.7. The van der Waals surface area contributed by atoms with Gasteiger partial charge in [0.05, 0.1) is 9.82 Å². The molecule has 10 heteroatoms. The molecule has 1 N–H and O–H groups in total. The molecule has 0 radical (unpaired) electrons. The Morgan fingerprint density at radius 1 is 1.07 bits per heavy atom. The van der Waals surface area contributed by atoms with Crippen molar-refractivity contribution in [3.63, 3.8) is 0 Å². The minimum atomic E-state index is -3.62. The van der Waals surface area contributed by atoms with E-state index in [9.17, 15) is 23.3 Å². The van der Waals surface area contributed by atoms with Gasteiger partial charge in [0.15, 0.2) is 0 Å². The number of nitro groups is 1. The number of nitrogens with one attached hydrogen (secondary N) is 1. The van der Waals surface area contributed by atoms with Crippen molar-refractivity contribution in [2.75, 3.05) is 18.4 Å². The van der Waals surface area contributed by atoms with Gasteiger partial charge >= 0.3 is 0 Å². The number of benzene rings is 2. The van der Waals surface area contributed by atoms with Gasteiger partial charge in [-0.1, -0.05) is 11.6 Å². The normalized spacial score (nSPS) is 15.9. The van der Waals surface area contributed by atoms with Gasteiger partial charge in [0.1, 0.15) is 0 Å². The van der Waals surface area contributed by atoms with Crippen LogP contribution in [0.2, 0.25) is 5.02 Å². The molecule has 1 aliphatic rings. The van der Waals surface area contributed by atoms with E-state index >= 15 is 0 Å². The van der Waals surface area contributed by atoms with E-state index in [4.69, 9.17) is 11.6 Å². The second-order valence-corrected chi connectivity index (χ2v) is 8.80. The van der Waals surface area contributed by atoms with Crippen molar-refractivity contribution < 1.29 is 18.1 Å². The second-order valence-electron chi connectivity index (χ2n) is 6.43. The summed E-state index contributed by atoms with van der Waals surface area (Å²) in [5.74, 6) is -0.552. The van der Waals surface area contributed by atoms with Crippen molar-refractivity contribution >= 4 is 38.9 Å². The second kappa shape index (κ2) is 8.26. The number of piperidine rings is 1. The average Bonchev–Trinajstić information content (AvgIpc) is 2.69. The highest BCUT2D eigenvalue weighted by Crippen LogP contribution is 2.26. The van der Waals surface area contributed by atoms with Crippen LogP contribution in [0, 0.1) is 16.0 Å². The minimum Gasteiger partial charge on any atom is -0.326 e. The zero-order valence-electron chi connectivity index (χ0n) is 14.7. The number of nitro benzene ring substituents is 1. The Labute approximate surface area is 167 Å². The quantitative estimate of drug-likeness (QED) is 0.586. The smallest absolute Gasteiger partial charge is 0.269 e. The average molecular weight is 424 g/mol. The number of amides is 1. The molecule has 1 heterocycles. The van der Waals surface area contributed by atoms with E-state index in [0.29, 0.717) is 23.6 Å². The summed E-state index contributed by atoms with van der Waals surface area (Å²) in [6.45, 7) is 0.479. The summed E-state index contributed by atoms with van der Waals surface area (Å²) in [4.78, 5) is 22.8. The summed E-state index contributed by atoms with van der Waals surface area (Å²) in [5.41, 5.74) is 0.408. The van der Waals surface area contributed by atoms with Crippen LogP contribution >= 0.6 is 11.6 Å². The molecule has 1 fully saturated rings. The van der Waals surface area contributed by atoms with Crippen molar-refractivity contribution in [1.82, 2.24) is 4.31 Å². The number of nitrogens with zero attached hydrogens (tertiary/aromatic N) is 2. The molecule has 3 rings (SSSR count). The molecular weight excluding hydrogens is 406 g/mol. The van der Waals surface area contributed by atoms with E-state index in [1.165, 1.54) is 52.8 Å². The highest BCUT2D eigenvalue weighted by molar-refractivity contribution is 7.89. The number of sulfonamides is 1. The number of carbonyl (C=O) groups excluding carboxylic acids is 1. The monoisotopic (exact) mass is 423 g/mol. The van der Waals surface area contributed by atoms with Crippen molar-refractivity contribution in [2.45, 2.75) is 17.7 Å². The molecule has 0 aliphatic carbocycles. The lowest BCUT2D eigenvalue weighted by Gasteiger charge is -2.30. The molecule has 0 spiro atoms. The molecule has 0 unspecified atom stereocenters. The molecule has 1 aliphatic heterocycles. The largest absolute Gasteiger partial charge is 0.326 e. The number of anilines is 1. The first-order valence-corrected chi connectivity index (χ1v) is 10.4. The first-order chi connectivity index (χ1) is 13.3. The summed E-state index contributed by atoms with van der Waals surface area (Å²) in [6.07, 6.45) is 0.789. The van der Waals surface area contributed by atoms with Crippen LogP contribution < -0.4 is 5.32 Å². The zero-order chi connectivity index (χ0) is 20.3. The Hall–Kier alpha value is -2.49. The Kier molecular flexibility index (Phi) is 5.97. The van der Waals surface area contributed by atoms with Gasteiger partial charge in [-0.2, -0.15) is 4.31 Å². The lowest BCUT2D eigenvalue weighted by atomic mass is 9.97. The summed E-state index contributed by atoms with van der Waals surface area (Å²) >= 11 is 5.81. The summed E-state index contributed by atoms with van der Waals surface area (Å²) in [5, 5.41) is 13.9. The van der Waals surface area contributed by atoms with Gasteiger partial charge in [0.25, 0.3) is 5.69 Å². The maximum atomic E-state index is 12.7. The lowest BCUT2D eigenvalue weighted by Crippen LogP contribution is -2.41. The fourth-order valence-electron chi connectivity index (χ4n) is 3.02. The van der Waals surface area contributed by atoms with Gasteiger partial charge < -0.3 is 5.32 Å². The van der Waals surface area contributed by atoms with E-state index in [0.717, 1.165) is 0 Å². The molecule has 0 bridgehead atoms. The maximum Gasteiger partial charge on any atom is 0.269 e. The Morgan fingerprint density at radius 3 is 2.18 bits per heavy atom. The van der Waals surface area contributed by atoms with E-state index in [1.54, 1.807) is 0 Å². The van der Waals surface area contributed by atoms with Crippen LogP contribution in [0.3, 0.4) is 0 Å². The molecule has 2 aromatic rings. The number of halogens is 1. The predicted molar refractivity (Wildman–Crippen MR) is 105 cm³/mol. The van der Waals surface area contributed by atoms with Crippen LogP contribution in [0.25, 0.3) is 0 Å². The molecule has 0 aromatic heterocycles. The topological polar surface area (TPSA) is 110 Å². The fraction of sp³-hybridized carbons (Fsp3) is 0.278. The van der Waals surface area contributed by atoms with Gasteiger partial charge in [0, 0.05) is 41.9 Å². The first-order valence-electron chi connectivity index (χ1n) is 8.58. The number of rotatable bonds is 5. The van der Waals surface area contributed by atoms with E-state index in [1.807, 2.05) is 0 Å². The Balaban J connectivity index is 1.59. The first kappa shape index (κ1) is 20.2. The van der Waals surface area contributed by atoms with Crippen LogP contribution in [-0.2, 0) is 14.8 Å². The fourth-order valence-corrected chi connectivity index (χ4v) is 4.62. The van der Waals surface area contributed by atoms with Crippen molar-refractivity contribution in [3.05, 3.63) is 63.7 Å². The molecule has 8 nitrogen and oxygen atoms in total. The van der Waals surface area contributed by atoms with E-state index < -0.39 is 14.9 Å². The number of carbonyl (C=O) groups is 1. The zero-order valence-corrected chi connectivity index (χ0v) is 16.3. The van der Waals surface area contributed by atoms with Gasteiger partial charge in [-0.15, -0.1) is 0 Å². The van der Waals surface area contributed by atoms with Crippen molar-refractivity contribution in [1.29, 1.82) is 0 Å². The van der Waals surface area contributed by atoms with Crippen LogP contribution in [0.1, 0.15) is 12.8 Å². The SMILES string of the molecule is O=C(Nc1ccc([N+](=O)[O-])cc1)C1CCN(S(=O)(=O)c2ccc(Cl)cc2)CC1. The molecule has 148 valence electrons. The highest BCUT2D eigenvalue weighted by Gasteiger charge is 2.32.